The number of benzene rings is 2. The number of urea groups is 1. The van der Waals surface area contributed by atoms with Gasteiger partial charge in [-0.2, -0.15) is 5.10 Å². The van der Waals surface area contributed by atoms with Crippen LogP contribution in [-0.4, -0.2) is 28.7 Å². The van der Waals surface area contributed by atoms with Gasteiger partial charge in [-0.1, -0.05) is 55.5 Å². The molecule has 0 spiro atoms. The van der Waals surface area contributed by atoms with Crippen LogP contribution in [0.25, 0.3) is 11.0 Å². The Morgan fingerprint density at radius 1 is 1.10 bits per heavy atom. The summed E-state index contributed by atoms with van der Waals surface area (Å²) in [5.41, 5.74) is 1.70. The molecule has 0 aliphatic carbocycles. The molecule has 2 heterocycles. The van der Waals surface area contributed by atoms with Crippen molar-refractivity contribution in [1.29, 1.82) is 0 Å². The Morgan fingerprint density at radius 3 is 2.59 bits per heavy atom. The van der Waals surface area contributed by atoms with E-state index in [1.807, 2.05) is 61.5 Å². The lowest BCUT2D eigenvalue weighted by molar-refractivity contribution is -0.130. The van der Waals surface area contributed by atoms with Crippen molar-refractivity contribution in [3.63, 3.8) is 0 Å². The van der Waals surface area contributed by atoms with Gasteiger partial charge in [-0.25, -0.2) is 4.79 Å². The van der Waals surface area contributed by atoms with Crippen LogP contribution < -0.4 is 5.32 Å². The van der Waals surface area contributed by atoms with Crippen molar-refractivity contribution >= 4 is 29.1 Å². The Kier molecular flexibility index (Phi) is 4.92. The number of carbonyl (C=O) groups is 2. The number of imide groups is 1. The van der Waals surface area contributed by atoms with Crippen molar-refractivity contribution in [3.8, 4) is 0 Å². The topological polar surface area (TPSA) is 74.9 Å². The first-order valence-corrected chi connectivity index (χ1v) is 9.77. The molecular formula is C23H23N3O3. The average molecular weight is 389 g/mol. The summed E-state index contributed by atoms with van der Waals surface area (Å²) in [6.07, 6.45) is 3.42. The standard InChI is InChI=1S/C23H23N3O3/c1-3-19-18(17-11-7-8-12-20(17)29-19)15-24-26-21(27)23(2,25-22(26)28)14-13-16-9-5-4-6-10-16/h4-12,15H,3,13-14H2,1-2H3,(H,25,28)/b24-15-/t23-/m1/s1. The predicted octanol–water partition coefficient (Wildman–Crippen LogP) is 4.27. The maximum absolute atomic E-state index is 12.9. The second-order valence-electron chi connectivity index (χ2n) is 7.40. The molecule has 6 heteroatoms. The van der Waals surface area contributed by atoms with Gasteiger partial charge in [0.05, 0.1) is 6.21 Å². The number of fused-ring (bicyclic) bond motifs is 1. The molecule has 1 saturated heterocycles. The number of carbonyl (C=O) groups excluding carboxylic acids is 2. The summed E-state index contributed by atoms with van der Waals surface area (Å²) in [5, 5.41) is 8.85. The van der Waals surface area contributed by atoms with Gasteiger partial charge in [0.25, 0.3) is 5.91 Å². The van der Waals surface area contributed by atoms with Gasteiger partial charge in [0.2, 0.25) is 0 Å². The van der Waals surface area contributed by atoms with E-state index in [0.717, 1.165) is 32.9 Å². The first-order valence-electron chi connectivity index (χ1n) is 9.77. The molecule has 3 aromatic rings. The minimum atomic E-state index is -0.976. The first-order chi connectivity index (χ1) is 14.0. The van der Waals surface area contributed by atoms with Gasteiger partial charge < -0.3 is 9.73 Å². The van der Waals surface area contributed by atoms with Crippen molar-refractivity contribution in [2.45, 2.75) is 38.6 Å². The van der Waals surface area contributed by atoms with Crippen molar-refractivity contribution in [3.05, 3.63) is 71.5 Å². The number of furan rings is 1. The van der Waals surface area contributed by atoms with Gasteiger partial charge in [0, 0.05) is 17.4 Å². The summed E-state index contributed by atoms with van der Waals surface area (Å²) >= 11 is 0. The Morgan fingerprint density at radius 2 is 1.83 bits per heavy atom. The fourth-order valence-corrected chi connectivity index (χ4v) is 3.62. The van der Waals surface area contributed by atoms with Crippen molar-refractivity contribution in [1.82, 2.24) is 10.3 Å². The van der Waals surface area contributed by atoms with E-state index in [0.29, 0.717) is 19.3 Å². The van der Waals surface area contributed by atoms with E-state index < -0.39 is 11.6 Å². The minimum Gasteiger partial charge on any atom is -0.460 e. The maximum atomic E-state index is 12.9. The molecule has 1 aliphatic rings. The second-order valence-corrected chi connectivity index (χ2v) is 7.40. The van der Waals surface area contributed by atoms with E-state index in [2.05, 4.69) is 10.4 Å². The Bertz CT molecular complexity index is 1090. The third-order valence-corrected chi connectivity index (χ3v) is 5.33. The van der Waals surface area contributed by atoms with Crippen LogP contribution >= 0.6 is 0 Å². The zero-order valence-corrected chi connectivity index (χ0v) is 16.5. The van der Waals surface area contributed by atoms with Gasteiger partial charge in [0.1, 0.15) is 16.9 Å². The molecule has 1 aliphatic heterocycles. The predicted molar refractivity (Wildman–Crippen MR) is 112 cm³/mol. The SMILES string of the molecule is CCc1oc2ccccc2c1/C=N\N1C(=O)N[C@](C)(CCc2ccccc2)C1=O. The van der Waals surface area contributed by atoms with Crippen LogP contribution in [0.2, 0.25) is 0 Å². The van der Waals surface area contributed by atoms with Crippen LogP contribution in [0.15, 0.2) is 64.1 Å². The second kappa shape index (κ2) is 7.54. The summed E-state index contributed by atoms with van der Waals surface area (Å²) in [6.45, 7) is 3.74. The lowest BCUT2D eigenvalue weighted by Gasteiger charge is -2.20. The number of nitrogens with zero attached hydrogens (tertiary/aromatic N) is 2. The highest BCUT2D eigenvalue weighted by molar-refractivity contribution is 6.08. The van der Waals surface area contributed by atoms with E-state index in [1.54, 1.807) is 13.1 Å². The molecule has 4 rings (SSSR count). The van der Waals surface area contributed by atoms with Crippen LogP contribution in [0.4, 0.5) is 4.79 Å². The Labute approximate surface area is 169 Å². The van der Waals surface area contributed by atoms with Gasteiger partial charge in [-0.05, 0) is 31.4 Å². The van der Waals surface area contributed by atoms with E-state index in [9.17, 15) is 9.59 Å². The zero-order chi connectivity index (χ0) is 20.4. The van der Waals surface area contributed by atoms with E-state index in [-0.39, 0.29) is 5.91 Å². The van der Waals surface area contributed by atoms with Crippen LogP contribution in [0.1, 0.15) is 37.2 Å². The van der Waals surface area contributed by atoms with Crippen molar-refractivity contribution in [2.75, 3.05) is 0 Å². The van der Waals surface area contributed by atoms with Crippen LogP contribution in [-0.2, 0) is 17.6 Å². The summed E-state index contributed by atoms with van der Waals surface area (Å²) in [4.78, 5) is 25.4. The number of hydrogen-bond donors (Lipinski definition) is 1. The fourth-order valence-electron chi connectivity index (χ4n) is 3.62. The molecule has 2 aromatic carbocycles. The molecule has 0 saturated carbocycles. The summed E-state index contributed by atoms with van der Waals surface area (Å²) in [7, 11) is 0. The summed E-state index contributed by atoms with van der Waals surface area (Å²) < 4.78 is 5.85. The molecule has 3 amide bonds. The van der Waals surface area contributed by atoms with Gasteiger partial charge >= 0.3 is 6.03 Å². The molecular weight excluding hydrogens is 366 g/mol. The molecule has 0 bridgehead atoms. The molecule has 0 radical (unpaired) electrons. The number of hydrogen-bond acceptors (Lipinski definition) is 4. The minimum absolute atomic E-state index is 0.347. The molecule has 29 heavy (non-hydrogen) atoms. The largest absolute Gasteiger partial charge is 0.460 e. The first kappa shape index (κ1) is 18.9. The Hall–Kier alpha value is -3.41. The highest BCUT2D eigenvalue weighted by atomic mass is 16.3. The quantitative estimate of drug-likeness (QED) is 0.505. The normalized spacial score (nSPS) is 19.4. The molecule has 1 N–H and O–H groups in total. The maximum Gasteiger partial charge on any atom is 0.346 e. The number of rotatable bonds is 6. The smallest absolute Gasteiger partial charge is 0.346 e. The van der Waals surface area contributed by atoms with Gasteiger partial charge in [-0.3, -0.25) is 4.79 Å². The van der Waals surface area contributed by atoms with Gasteiger partial charge in [-0.15, -0.1) is 5.01 Å². The van der Waals surface area contributed by atoms with E-state index in [4.69, 9.17) is 4.42 Å². The van der Waals surface area contributed by atoms with Crippen LogP contribution in [0.5, 0.6) is 0 Å². The highest BCUT2D eigenvalue weighted by Crippen LogP contribution is 2.26. The van der Waals surface area contributed by atoms with Crippen LogP contribution in [0.3, 0.4) is 0 Å². The lowest BCUT2D eigenvalue weighted by atomic mass is 9.93. The molecule has 1 fully saturated rings. The lowest BCUT2D eigenvalue weighted by Crippen LogP contribution is -2.44. The monoisotopic (exact) mass is 389 g/mol. The Balaban J connectivity index is 1.55. The molecule has 148 valence electrons. The molecule has 0 unspecified atom stereocenters. The van der Waals surface area contributed by atoms with Crippen LogP contribution in [0, 0.1) is 0 Å². The van der Waals surface area contributed by atoms with Crippen molar-refractivity contribution < 1.29 is 14.0 Å². The number of para-hydroxylation sites is 1. The molecule has 1 atom stereocenters. The average Bonchev–Trinajstić information content (AvgIpc) is 3.20. The molecule has 1 aromatic heterocycles. The van der Waals surface area contributed by atoms with E-state index in [1.165, 1.54) is 0 Å². The summed E-state index contributed by atoms with van der Waals surface area (Å²) in [5.74, 6) is 0.425. The van der Waals surface area contributed by atoms with Crippen molar-refractivity contribution in [2.24, 2.45) is 5.10 Å². The van der Waals surface area contributed by atoms with Gasteiger partial charge in [0.15, 0.2) is 0 Å². The summed E-state index contributed by atoms with van der Waals surface area (Å²) in [6, 6.07) is 17.0. The molecule has 6 nitrogen and oxygen atoms in total. The number of nitrogens with one attached hydrogen (secondary N) is 1. The third kappa shape index (κ3) is 3.53. The number of amides is 3. The zero-order valence-electron chi connectivity index (χ0n) is 16.5. The van der Waals surface area contributed by atoms with E-state index >= 15 is 0 Å². The third-order valence-electron chi connectivity index (χ3n) is 5.33. The highest BCUT2D eigenvalue weighted by Gasteiger charge is 2.47. The number of aryl methyl sites for hydroxylation is 2. The fraction of sp³-hybridized carbons (Fsp3) is 0.261. The number of hydrazone groups is 1.